The highest BCUT2D eigenvalue weighted by molar-refractivity contribution is 5.79. The van der Waals surface area contributed by atoms with Crippen molar-refractivity contribution in [3.63, 3.8) is 0 Å². The third kappa shape index (κ3) is 7.55. The minimum absolute atomic E-state index is 0.0489. The SMILES string of the molecule is O=Cc1cc(OCCN2CCOCC2)ncc1OCC1CCCCC1C1CC=NN1CCC(F)(F)F. The Morgan fingerprint density at radius 3 is 2.72 bits per heavy atom. The fraction of sp³-hybridized carbons (Fsp3) is 0.720. The molecule has 2 fully saturated rings. The molecule has 0 bridgehead atoms. The standard InChI is InChI=1S/C25H35F3N4O4/c26-25(27,28)6-8-32-22(5-7-30-32)21-4-2-1-3-19(21)18-36-23-16-29-24(15-20(23)17-33)35-14-11-31-9-12-34-13-10-31/h7,15-17,19,21-22H,1-6,8-14,18H2. The van der Waals surface area contributed by atoms with E-state index in [2.05, 4.69) is 15.0 Å². The van der Waals surface area contributed by atoms with Crippen LogP contribution in [-0.2, 0) is 4.74 Å². The third-order valence-electron chi connectivity index (χ3n) is 7.26. The zero-order valence-electron chi connectivity index (χ0n) is 20.5. The smallest absolute Gasteiger partial charge is 0.390 e. The molecule has 1 aromatic heterocycles. The van der Waals surface area contributed by atoms with Gasteiger partial charge in [-0.15, -0.1) is 0 Å². The number of morpholine rings is 1. The van der Waals surface area contributed by atoms with Gasteiger partial charge in [-0.25, -0.2) is 4.98 Å². The minimum atomic E-state index is -4.20. The molecular weight excluding hydrogens is 477 g/mol. The van der Waals surface area contributed by atoms with Crippen molar-refractivity contribution in [3.8, 4) is 11.6 Å². The van der Waals surface area contributed by atoms with Crippen molar-refractivity contribution in [1.82, 2.24) is 14.9 Å². The topological polar surface area (TPSA) is 76.5 Å². The molecule has 1 aliphatic carbocycles. The Morgan fingerprint density at radius 2 is 1.94 bits per heavy atom. The van der Waals surface area contributed by atoms with E-state index >= 15 is 0 Å². The molecule has 0 radical (unpaired) electrons. The first kappa shape index (κ1) is 26.7. The Kier molecular flexibility index (Phi) is 9.41. The van der Waals surface area contributed by atoms with Crippen molar-refractivity contribution in [2.45, 2.75) is 50.7 Å². The van der Waals surface area contributed by atoms with Gasteiger partial charge in [0.1, 0.15) is 12.4 Å². The van der Waals surface area contributed by atoms with Crippen LogP contribution in [0.5, 0.6) is 11.6 Å². The number of hydrogen-bond donors (Lipinski definition) is 0. The Hall–Kier alpha value is -2.40. The van der Waals surface area contributed by atoms with E-state index in [0.29, 0.717) is 36.8 Å². The quantitative estimate of drug-likeness (QED) is 0.418. The van der Waals surface area contributed by atoms with Crippen LogP contribution < -0.4 is 9.47 Å². The summed E-state index contributed by atoms with van der Waals surface area (Å²) in [7, 11) is 0. The van der Waals surface area contributed by atoms with Crippen LogP contribution in [0.2, 0.25) is 0 Å². The molecule has 1 aromatic rings. The number of rotatable bonds is 11. The molecular formula is C25H35F3N4O4. The van der Waals surface area contributed by atoms with E-state index in [0.717, 1.165) is 64.8 Å². The van der Waals surface area contributed by atoms with Crippen molar-refractivity contribution >= 4 is 12.5 Å². The maximum absolute atomic E-state index is 12.8. The second-order valence-electron chi connectivity index (χ2n) is 9.63. The molecule has 200 valence electrons. The number of aromatic nitrogens is 1. The molecule has 0 aromatic carbocycles. The molecule has 3 atom stereocenters. The maximum atomic E-state index is 12.8. The van der Waals surface area contributed by atoms with Gasteiger partial charge in [-0.05, 0) is 24.7 Å². The lowest BCUT2D eigenvalue weighted by Gasteiger charge is -2.39. The predicted octanol–water partition coefficient (Wildman–Crippen LogP) is 3.80. The highest BCUT2D eigenvalue weighted by Crippen LogP contribution is 2.38. The average Bonchev–Trinajstić information content (AvgIpc) is 3.35. The zero-order valence-corrected chi connectivity index (χ0v) is 20.5. The molecule has 4 rings (SSSR count). The van der Waals surface area contributed by atoms with Crippen molar-refractivity contribution in [2.24, 2.45) is 16.9 Å². The molecule has 36 heavy (non-hydrogen) atoms. The van der Waals surface area contributed by atoms with Crippen molar-refractivity contribution in [1.29, 1.82) is 0 Å². The number of aldehydes is 1. The van der Waals surface area contributed by atoms with E-state index in [1.54, 1.807) is 17.3 Å². The lowest BCUT2D eigenvalue weighted by Crippen LogP contribution is -2.42. The number of carbonyl (C=O) groups is 1. The van der Waals surface area contributed by atoms with Gasteiger partial charge in [-0.2, -0.15) is 18.3 Å². The molecule has 0 spiro atoms. The van der Waals surface area contributed by atoms with Gasteiger partial charge in [0, 0.05) is 44.9 Å². The summed E-state index contributed by atoms with van der Waals surface area (Å²) < 4.78 is 55.4. The number of hydrogen-bond acceptors (Lipinski definition) is 8. The summed E-state index contributed by atoms with van der Waals surface area (Å²) >= 11 is 0. The molecule has 0 N–H and O–H groups in total. The van der Waals surface area contributed by atoms with Crippen molar-refractivity contribution in [3.05, 3.63) is 17.8 Å². The molecule has 8 nitrogen and oxygen atoms in total. The molecule has 11 heteroatoms. The molecule has 3 heterocycles. The van der Waals surface area contributed by atoms with Crippen LogP contribution in [0.15, 0.2) is 17.4 Å². The van der Waals surface area contributed by atoms with Crippen molar-refractivity contribution < 1.29 is 32.2 Å². The van der Waals surface area contributed by atoms with Crippen LogP contribution in [-0.4, -0.2) is 92.2 Å². The number of halogens is 3. The molecule has 2 aliphatic heterocycles. The number of pyridine rings is 1. The molecule has 3 aliphatic rings. The van der Waals surface area contributed by atoms with Crippen molar-refractivity contribution in [2.75, 3.05) is 52.6 Å². The number of hydrazone groups is 1. The molecule has 1 saturated heterocycles. The number of ether oxygens (including phenoxy) is 3. The largest absolute Gasteiger partial charge is 0.491 e. The molecule has 1 saturated carbocycles. The maximum Gasteiger partial charge on any atom is 0.390 e. The Labute approximate surface area is 209 Å². The lowest BCUT2D eigenvalue weighted by atomic mass is 9.75. The van der Waals surface area contributed by atoms with Gasteiger partial charge in [0.15, 0.2) is 6.29 Å². The number of carbonyl (C=O) groups excluding carboxylic acids is 1. The fourth-order valence-electron chi connectivity index (χ4n) is 5.31. The number of alkyl halides is 3. The Balaban J connectivity index is 1.31. The van der Waals surface area contributed by atoms with Crippen LogP contribution >= 0.6 is 0 Å². The summed E-state index contributed by atoms with van der Waals surface area (Å²) in [5, 5.41) is 5.84. The monoisotopic (exact) mass is 512 g/mol. The van der Waals surface area contributed by atoms with Crippen LogP contribution in [0.25, 0.3) is 0 Å². The summed E-state index contributed by atoms with van der Waals surface area (Å²) in [5.41, 5.74) is 0.370. The van der Waals surface area contributed by atoms with Gasteiger partial charge in [-0.3, -0.25) is 14.7 Å². The second-order valence-corrected chi connectivity index (χ2v) is 9.63. The van der Waals surface area contributed by atoms with E-state index in [4.69, 9.17) is 14.2 Å². The first-order chi connectivity index (χ1) is 17.4. The van der Waals surface area contributed by atoms with E-state index in [-0.39, 0.29) is 24.4 Å². The summed E-state index contributed by atoms with van der Waals surface area (Å²) in [6, 6.07) is 1.54. The van der Waals surface area contributed by atoms with Gasteiger partial charge in [-0.1, -0.05) is 12.8 Å². The third-order valence-corrected chi connectivity index (χ3v) is 7.26. The van der Waals surface area contributed by atoms with Gasteiger partial charge in [0.05, 0.1) is 44.0 Å². The lowest BCUT2D eigenvalue weighted by molar-refractivity contribution is -0.139. The van der Waals surface area contributed by atoms with E-state index in [1.807, 2.05) is 0 Å². The summed E-state index contributed by atoms with van der Waals surface area (Å²) in [4.78, 5) is 18.3. The summed E-state index contributed by atoms with van der Waals surface area (Å²) in [6.07, 6.45) is 3.50. The molecule has 3 unspecified atom stereocenters. The van der Waals surface area contributed by atoms with Gasteiger partial charge < -0.3 is 14.2 Å². The van der Waals surface area contributed by atoms with E-state index in [9.17, 15) is 18.0 Å². The first-order valence-corrected chi connectivity index (χ1v) is 12.8. The predicted molar refractivity (Wildman–Crippen MR) is 128 cm³/mol. The summed E-state index contributed by atoms with van der Waals surface area (Å²) in [5.74, 6) is 1.12. The second kappa shape index (κ2) is 12.7. The first-order valence-electron chi connectivity index (χ1n) is 12.8. The normalized spacial score (nSPS) is 25.2. The van der Waals surface area contributed by atoms with E-state index in [1.165, 1.54) is 6.20 Å². The van der Waals surface area contributed by atoms with Gasteiger partial charge >= 0.3 is 6.18 Å². The average molecular weight is 513 g/mol. The Bertz CT molecular complexity index is 879. The van der Waals surface area contributed by atoms with Crippen LogP contribution in [0.1, 0.15) is 48.9 Å². The zero-order chi connectivity index (χ0) is 25.4. The molecule has 0 amide bonds. The van der Waals surface area contributed by atoms with Gasteiger partial charge in [0.25, 0.3) is 0 Å². The van der Waals surface area contributed by atoms with E-state index < -0.39 is 12.6 Å². The van der Waals surface area contributed by atoms with Crippen LogP contribution in [0, 0.1) is 11.8 Å². The highest BCUT2D eigenvalue weighted by atomic mass is 19.4. The minimum Gasteiger partial charge on any atom is -0.491 e. The van der Waals surface area contributed by atoms with Gasteiger partial charge in [0.2, 0.25) is 5.88 Å². The fourth-order valence-corrected chi connectivity index (χ4v) is 5.31. The highest BCUT2D eigenvalue weighted by Gasteiger charge is 2.38. The van der Waals surface area contributed by atoms with Crippen LogP contribution in [0.3, 0.4) is 0 Å². The summed E-state index contributed by atoms with van der Waals surface area (Å²) in [6.45, 7) is 4.67. The number of nitrogens with zero attached hydrogens (tertiary/aromatic N) is 4. The Morgan fingerprint density at radius 1 is 1.14 bits per heavy atom. The van der Waals surface area contributed by atoms with Crippen LogP contribution in [0.4, 0.5) is 13.2 Å².